The summed E-state index contributed by atoms with van der Waals surface area (Å²) >= 11 is 5.87. The van der Waals surface area contributed by atoms with Crippen molar-refractivity contribution < 1.29 is 9.18 Å². The molecule has 3 nitrogen and oxygen atoms in total. The SMILES string of the molecule is CCCCN(C(=O)c1cc(F)cnc1Cl)C1CC1. The largest absolute Gasteiger partial charge is 0.336 e. The third-order valence-corrected chi connectivity index (χ3v) is 3.34. The van der Waals surface area contributed by atoms with Crippen molar-refractivity contribution in [2.24, 2.45) is 0 Å². The first-order valence-electron chi connectivity index (χ1n) is 6.25. The lowest BCUT2D eigenvalue weighted by molar-refractivity contribution is 0.0740. The van der Waals surface area contributed by atoms with Crippen molar-refractivity contribution in [1.82, 2.24) is 9.88 Å². The fourth-order valence-corrected chi connectivity index (χ4v) is 2.08. The number of rotatable bonds is 5. The van der Waals surface area contributed by atoms with Crippen molar-refractivity contribution in [3.63, 3.8) is 0 Å². The first-order valence-corrected chi connectivity index (χ1v) is 6.63. The summed E-state index contributed by atoms with van der Waals surface area (Å²) < 4.78 is 13.1. The van der Waals surface area contributed by atoms with Gasteiger partial charge in [-0.05, 0) is 25.3 Å². The highest BCUT2D eigenvalue weighted by molar-refractivity contribution is 6.32. The van der Waals surface area contributed by atoms with E-state index in [2.05, 4.69) is 11.9 Å². The van der Waals surface area contributed by atoms with Crippen LogP contribution in [-0.2, 0) is 0 Å². The predicted molar refractivity (Wildman–Crippen MR) is 68.2 cm³/mol. The van der Waals surface area contributed by atoms with Crippen molar-refractivity contribution in [3.8, 4) is 0 Å². The smallest absolute Gasteiger partial charge is 0.257 e. The van der Waals surface area contributed by atoms with Gasteiger partial charge in [-0.3, -0.25) is 4.79 Å². The summed E-state index contributed by atoms with van der Waals surface area (Å²) in [4.78, 5) is 17.8. The molecule has 0 spiro atoms. The van der Waals surface area contributed by atoms with Crippen LogP contribution in [-0.4, -0.2) is 28.4 Å². The maximum absolute atomic E-state index is 13.1. The van der Waals surface area contributed by atoms with Crippen LogP contribution in [0.15, 0.2) is 12.3 Å². The van der Waals surface area contributed by atoms with E-state index in [0.717, 1.165) is 31.9 Å². The van der Waals surface area contributed by atoms with Gasteiger partial charge in [0.15, 0.2) is 0 Å². The minimum absolute atomic E-state index is 0.0727. The van der Waals surface area contributed by atoms with Crippen LogP contribution in [0.4, 0.5) is 4.39 Å². The van der Waals surface area contributed by atoms with Gasteiger partial charge in [-0.15, -0.1) is 0 Å². The Bertz CT molecular complexity index is 449. The molecule has 0 saturated heterocycles. The molecular weight excluding hydrogens is 255 g/mol. The normalized spacial score (nSPS) is 14.6. The van der Waals surface area contributed by atoms with Crippen molar-refractivity contribution in [3.05, 3.63) is 28.8 Å². The average Bonchev–Trinajstić information content (AvgIpc) is 3.17. The minimum atomic E-state index is -0.533. The van der Waals surface area contributed by atoms with E-state index in [9.17, 15) is 9.18 Å². The molecule has 1 saturated carbocycles. The summed E-state index contributed by atoms with van der Waals surface area (Å²) in [5.41, 5.74) is 0.166. The Morgan fingerprint density at radius 2 is 2.33 bits per heavy atom. The summed E-state index contributed by atoms with van der Waals surface area (Å²) in [6.07, 6.45) is 5.03. The third-order valence-electron chi connectivity index (χ3n) is 3.04. The van der Waals surface area contributed by atoms with Crippen LogP contribution in [0.2, 0.25) is 5.15 Å². The van der Waals surface area contributed by atoms with E-state index in [1.807, 2.05) is 0 Å². The quantitative estimate of drug-likeness (QED) is 0.770. The van der Waals surface area contributed by atoms with Crippen molar-refractivity contribution in [2.75, 3.05) is 6.54 Å². The molecule has 0 radical (unpaired) electrons. The van der Waals surface area contributed by atoms with Gasteiger partial charge in [0.25, 0.3) is 5.91 Å². The number of hydrogen-bond acceptors (Lipinski definition) is 2. The molecule has 18 heavy (non-hydrogen) atoms. The standard InChI is InChI=1S/C13H16ClFN2O/c1-2-3-6-17(10-4-5-10)13(18)11-7-9(15)8-16-12(11)14/h7-8,10H,2-6H2,1H3. The number of aromatic nitrogens is 1. The number of pyridine rings is 1. The van der Waals surface area contributed by atoms with E-state index in [1.165, 1.54) is 6.07 Å². The Kier molecular flexibility index (Phi) is 4.17. The van der Waals surface area contributed by atoms with Crippen LogP contribution in [0.5, 0.6) is 0 Å². The fraction of sp³-hybridized carbons (Fsp3) is 0.538. The van der Waals surface area contributed by atoms with Crippen molar-refractivity contribution >= 4 is 17.5 Å². The van der Waals surface area contributed by atoms with Crippen LogP contribution in [0, 0.1) is 5.82 Å². The highest BCUT2D eigenvalue weighted by atomic mass is 35.5. The summed E-state index contributed by atoms with van der Waals surface area (Å²) in [6, 6.07) is 1.46. The first-order chi connectivity index (χ1) is 8.63. The number of amides is 1. The minimum Gasteiger partial charge on any atom is -0.336 e. The van der Waals surface area contributed by atoms with Crippen LogP contribution >= 0.6 is 11.6 Å². The van der Waals surface area contributed by atoms with Crippen molar-refractivity contribution in [2.45, 2.75) is 38.6 Å². The molecule has 1 aromatic rings. The van der Waals surface area contributed by atoms with Crippen LogP contribution in [0.3, 0.4) is 0 Å². The van der Waals surface area contributed by atoms with Gasteiger partial charge < -0.3 is 4.90 Å². The Morgan fingerprint density at radius 3 is 2.94 bits per heavy atom. The Morgan fingerprint density at radius 1 is 1.61 bits per heavy atom. The molecule has 0 unspecified atom stereocenters. The monoisotopic (exact) mass is 270 g/mol. The maximum Gasteiger partial charge on any atom is 0.257 e. The number of hydrogen-bond donors (Lipinski definition) is 0. The Labute approximate surface area is 111 Å². The fourth-order valence-electron chi connectivity index (χ4n) is 1.89. The molecule has 2 rings (SSSR count). The lowest BCUT2D eigenvalue weighted by atomic mass is 10.2. The molecule has 1 aromatic heterocycles. The molecular formula is C13H16ClFN2O. The average molecular weight is 271 g/mol. The van der Waals surface area contributed by atoms with E-state index in [1.54, 1.807) is 4.90 Å². The van der Waals surface area contributed by atoms with Gasteiger partial charge in [-0.25, -0.2) is 9.37 Å². The molecule has 1 heterocycles. The van der Waals surface area contributed by atoms with E-state index >= 15 is 0 Å². The number of unbranched alkanes of at least 4 members (excludes halogenated alkanes) is 1. The van der Waals surface area contributed by atoms with Crippen LogP contribution in [0.1, 0.15) is 43.0 Å². The second-order valence-corrected chi connectivity index (χ2v) is 4.93. The zero-order valence-electron chi connectivity index (χ0n) is 10.3. The summed E-state index contributed by atoms with van der Waals surface area (Å²) in [5.74, 6) is -0.739. The maximum atomic E-state index is 13.1. The number of halogens is 2. The molecule has 1 aliphatic carbocycles. The van der Waals surface area contributed by atoms with Gasteiger partial charge >= 0.3 is 0 Å². The lowest BCUT2D eigenvalue weighted by Gasteiger charge is -2.22. The summed E-state index contributed by atoms with van der Waals surface area (Å²) in [7, 11) is 0. The highest BCUT2D eigenvalue weighted by Gasteiger charge is 2.33. The topological polar surface area (TPSA) is 33.2 Å². The second kappa shape index (κ2) is 5.65. The summed E-state index contributed by atoms with van der Waals surface area (Å²) in [6.45, 7) is 2.78. The zero-order chi connectivity index (χ0) is 13.1. The molecule has 1 amide bonds. The van der Waals surface area contributed by atoms with Gasteiger partial charge in [-0.2, -0.15) is 0 Å². The van der Waals surface area contributed by atoms with Gasteiger partial charge in [0, 0.05) is 12.6 Å². The Hall–Kier alpha value is -1.16. The molecule has 0 N–H and O–H groups in total. The molecule has 0 aromatic carbocycles. The molecule has 0 bridgehead atoms. The van der Waals surface area contributed by atoms with Crippen molar-refractivity contribution in [1.29, 1.82) is 0 Å². The van der Waals surface area contributed by atoms with Crippen LogP contribution in [0.25, 0.3) is 0 Å². The molecule has 98 valence electrons. The first kappa shape index (κ1) is 13.3. The molecule has 5 heteroatoms. The number of carbonyl (C=O) groups is 1. The lowest BCUT2D eigenvalue weighted by Crippen LogP contribution is -2.34. The summed E-state index contributed by atoms with van der Waals surface area (Å²) in [5, 5.41) is 0.0727. The molecule has 0 aliphatic heterocycles. The van der Waals surface area contributed by atoms with Gasteiger partial charge in [-0.1, -0.05) is 24.9 Å². The number of carbonyl (C=O) groups excluding carboxylic acids is 1. The van der Waals surface area contributed by atoms with E-state index < -0.39 is 5.82 Å². The molecule has 1 aliphatic rings. The predicted octanol–water partition coefficient (Wildman–Crippen LogP) is 3.28. The Balaban J connectivity index is 2.19. The highest BCUT2D eigenvalue weighted by Crippen LogP contribution is 2.29. The zero-order valence-corrected chi connectivity index (χ0v) is 11.1. The van der Waals surface area contributed by atoms with E-state index in [-0.39, 0.29) is 16.6 Å². The number of nitrogens with zero attached hydrogens (tertiary/aromatic N) is 2. The molecule has 1 fully saturated rings. The van der Waals surface area contributed by atoms with Gasteiger partial charge in [0.1, 0.15) is 11.0 Å². The van der Waals surface area contributed by atoms with E-state index in [4.69, 9.17) is 11.6 Å². The van der Waals surface area contributed by atoms with Crippen LogP contribution < -0.4 is 0 Å². The molecule has 0 atom stereocenters. The second-order valence-electron chi connectivity index (χ2n) is 4.58. The third kappa shape index (κ3) is 2.99. The van der Waals surface area contributed by atoms with E-state index in [0.29, 0.717) is 12.6 Å². The van der Waals surface area contributed by atoms with Gasteiger partial charge in [0.05, 0.1) is 11.8 Å². The van der Waals surface area contributed by atoms with Gasteiger partial charge in [0.2, 0.25) is 0 Å².